The predicted octanol–water partition coefficient (Wildman–Crippen LogP) is 2.07. The molecule has 1 aromatic rings. The van der Waals surface area contributed by atoms with Crippen LogP contribution in [0.1, 0.15) is 18.4 Å². The second-order valence-electron chi connectivity index (χ2n) is 7.23. The molecule has 0 aliphatic carbocycles. The van der Waals surface area contributed by atoms with E-state index in [0.717, 1.165) is 11.8 Å². The summed E-state index contributed by atoms with van der Waals surface area (Å²) in [6.07, 6.45) is 0. The van der Waals surface area contributed by atoms with E-state index in [4.69, 9.17) is 25.8 Å². The number of benzene rings is 1. The van der Waals surface area contributed by atoms with Crippen molar-refractivity contribution in [1.82, 2.24) is 10.2 Å². The van der Waals surface area contributed by atoms with Gasteiger partial charge in [0.05, 0.1) is 54.4 Å². The number of halogens is 1. The highest BCUT2D eigenvalue weighted by Crippen LogP contribution is 2.42. The zero-order chi connectivity index (χ0) is 24.0. The van der Waals surface area contributed by atoms with Crippen LogP contribution >= 0.6 is 23.4 Å². The maximum absolute atomic E-state index is 12.9. The van der Waals surface area contributed by atoms with E-state index >= 15 is 0 Å². The molecule has 2 heterocycles. The molecule has 2 aliphatic rings. The third-order valence-corrected chi connectivity index (χ3v) is 6.60. The van der Waals surface area contributed by atoms with Crippen molar-refractivity contribution in [3.63, 3.8) is 0 Å². The van der Waals surface area contributed by atoms with Crippen molar-refractivity contribution in [3.05, 3.63) is 39.4 Å². The van der Waals surface area contributed by atoms with Gasteiger partial charge in [0, 0.05) is 19.0 Å². The number of hydrogen-bond donors (Lipinski definition) is 1. The van der Waals surface area contributed by atoms with E-state index in [-0.39, 0.29) is 27.3 Å². The Hall–Kier alpha value is -2.74. The van der Waals surface area contributed by atoms with Crippen molar-refractivity contribution >= 4 is 41.1 Å². The lowest BCUT2D eigenvalue weighted by Gasteiger charge is -2.31. The number of morpholine rings is 1. The Morgan fingerprint density at radius 1 is 1.36 bits per heavy atom. The average Bonchev–Trinajstić information content (AvgIpc) is 2.83. The number of rotatable bonds is 7. The molecule has 0 saturated carbocycles. The Morgan fingerprint density at radius 2 is 2.09 bits per heavy atom. The smallest absolute Gasteiger partial charge is 0.319 e. The molecule has 0 radical (unpaired) electrons. The number of allylic oxidation sites excluding steroid dienone is 1. The molecule has 2 atom stereocenters. The molecule has 3 rings (SSSR count). The van der Waals surface area contributed by atoms with E-state index in [1.165, 1.54) is 7.11 Å². The van der Waals surface area contributed by atoms with Gasteiger partial charge in [0.15, 0.2) is 0 Å². The van der Waals surface area contributed by atoms with Gasteiger partial charge in [-0.1, -0.05) is 29.4 Å². The minimum Gasteiger partial charge on any atom is -0.492 e. The van der Waals surface area contributed by atoms with E-state index in [1.807, 2.05) is 6.92 Å². The minimum absolute atomic E-state index is 0.0282. The normalized spacial score (nSPS) is 20.7. The summed E-state index contributed by atoms with van der Waals surface area (Å²) in [5.41, 5.74) is 0.646. The molecular formula is C22H24ClN3O6S. The number of nitrogens with one attached hydrogen (secondary N) is 1. The van der Waals surface area contributed by atoms with Crippen molar-refractivity contribution in [1.29, 1.82) is 5.26 Å². The standard InChI is InChI=1S/C22H24ClN3O6S/c1-3-32-16-5-4-13(10-15(16)23)18-14(11-24)21(25-20(28)19(18)22(29)30-2)33-12-17(27)26-6-8-31-9-7-26/h4-5,10,18-19H,3,6-9,12H2,1-2H3,(H,25,28)/t18-,19+/m0/s1. The van der Waals surface area contributed by atoms with Gasteiger partial charge in [0.1, 0.15) is 11.7 Å². The Labute approximate surface area is 201 Å². The van der Waals surface area contributed by atoms with Crippen LogP contribution in [0.15, 0.2) is 28.8 Å². The number of nitrogens with zero attached hydrogens (tertiary/aromatic N) is 2. The average molecular weight is 494 g/mol. The van der Waals surface area contributed by atoms with Crippen molar-refractivity contribution in [2.24, 2.45) is 5.92 Å². The van der Waals surface area contributed by atoms with E-state index < -0.39 is 23.7 Å². The van der Waals surface area contributed by atoms with Crippen LogP contribution in [0.5, 0.6) is 5.75 Å². The lowest BCUT2D eigenvalue weighted by atomic mass is 9.78. The molecular weight excluding hydrogens is 470 g/mol. The molecule has 0 spiro atoms. The third kappa shape index (κ3) is 5.61. The number of hydrogen-bond acceptors (Lipinski definition) is 8. The van der Waals surface area contributed by atoms with E-state index in [9.17, 15) is 19.6 Å². The molecule has 0 unspecified atom stereocenters. The summed E-state index contributed by atoms with van der Waals surface area (Å²) in [7, 11) is 1.18. The molecule has 176 valence electrons. The monoisotopic (exact) mass is 493 g/mol. The summed E-state index contributed by atoms with van der Waals surface area (Å²) in [5.74, 6) is -3.24. The fourth-order valence-electron chi connectivity index (χ4n) is 3.70. The zero-order valence-corrected chi connectivity index (χ0v) is 19.8. The first kappa shape index (κ1) is 24.9. The van der Waals surface area contributed by atoms with E-state index in [1.54, 1.807) is 23.1 Å². The number of amides is 2. The minimum atomic E-state index is -1.28. The van der Waals surface area contributed by atoms with E-state index in [2.05, 4.69) is 11.4 Å². The first-order chi connectivity index (χ1) is 15.9. The summed E-state index contributed by atoms with van der Waals surface area (Å²) in [6.45, 7) is 4.17. The Kier molecular flexibility index (Phi) is 8.61. The van der Waals surface area contributed by atoms with Crippen LogP contribution in [0.3, 0.4) is 0 Å². The summed E-state index contributed by atoms with van der Waals surface area (Å²) < 4.78 is 15.6. The maximum Gasteiger partial charge on any atom is 0.319 e. The van der Waals surface area contributed by atoms with Crippen LogP contribution in [-0.2, 0) is 23.9 Å². The van der Waals surface area contributed by atoms with Gasteiger partial charge >= 0.3 is 5.97 Å². The lowest BCUT2D eigenvalue weighted by Crippen LogP contribution is -2.45. The Balaban J connectivity index is 1.95. The molecule has 33 heavy (non-hydrogen) atoms. The fraction of sp³-hybridized carbons (Fsp3) is 0.455. The third-order valence-electron chi connectivity index (χ3n) is 5.30. The van der Waals surface area contributed by atoms with Gasteiger partial charge in [-0.25, -0.2) is 0 Å². The highest BCUT2D eigenvalue weighted by atomic mass is 35.5. The van der Waals surface area contributed by atoms with Crippen molar-refractivity contribution in [3.8, 4) is 11.8 Å². The molecule has 1 saturated heterocycles. The predicted molar refractivity (Wildman–Crippen MR) is 122 cm³/mol. The molecule has 1 N–H and O–H groups in total. The summed E-state index contributed by atoms with van der Waals surface area (Å²) in [4.78, 5) is 39.6. The van der Waals surface area contributed by atoms with Crippen LogP contribution in [0.4, 0.5) is 0 Å². The Bertz CT molecular complexity index is 1000. The maximum atomic E-state index is 12.9. The van der Waals surface area contributed by atoms with Crippen LogP contribution in [0.2, 0.25) is 5.02 Å². The lowest BCUT2D eigenvalue weighted by molar-refractivity contribution is -0.150. The molecule has 1 fully saturated rings. The molecule has 2 amide bonds. The van der Waals surface area contributed by atoms with Crippen LogP contribution < -0.4 is 10.1 Å². The number of methoxy groups -OCH3 is 1. The molecule has 2 aliphatic heterocycles. The second kappa shape index (κ2) is 11.4. The molecule has 0 bridgehead atoms. The number of nitriles is 1. The van der Waals surface area contributed by atoms with Crippen molar-refractivity contribution in [2.45, 2.75) is 12.8 Å². The van der Waals surface area contributed by atoms with Gasteiger partial charge in [0.2, 0.25) is 11.8 Å². The fourth-order valence-corrected chi connectivity index (χ4v) is 4.90. The Morgan fingerprint density at radius 3 is 2.70 bits per heavy atom. The van der Waals surface area contributed by atoms with Gasteiger partial charge in [-0.3, -0.25) is 14.4 Å². The highest BCUT2D eigenvalue weighted by molar-refractivity contribution is 8.03. The largest absolute Gasteiger partial charge is 0.492 e. The summed E-state index contributed by atoms with van der Waals surface area (Å²) in [5, 5.41) is 13.1. The van der Waals surface area contributed by atoms with Gasteiger partial charge in [0.25, 0.3) is 0 Å². The quantitative estimate of drug-likeness (QED) is 0.453. The SMILES string of the molecule is CCOc1ccc([C@H]2C(C#N)=C(SCC(=O)N3CCOCC3)NC(=O)[C@@H]2C(=O)OC)cc1Cl. The van der Waals surface area contributed by atoms with Gasteiger partial charge in [-0.05, 0) is 24.6 Å². The number of esters is 1. The van der Waals surface area contributed by atoms with Gasteiger partial charge in [-0.15, -0.1) is 0 Å². The van der Waals surface area contributed by atoms with Crippen LogP contribution in [-0.4, -0.2) is 68.5 Å². The number of carbonyl (C=O) groups excluding carboxylic acids is 3. The summed E-state index contributed by atoms with van der Waals surface area (Å²) >= 11 is 7.39. The number of carbonyl (C=O) groups is 3. The van der Waals surface area contributed by atoms with Gasteiger partial charge in [-0.2, -0.15) is 5.26 Å². The van der Waals surface area contributed by atoms with E-state index in [0.29, 0.717) is 44.2 Å². The van der Waals surface area contributed by atoms with Crippen molar-refractivity contribution < 1.29 is 28.6 Å². The number of thioether (sulfide) groups is 1. The van der Waals surface area contributed by atoms with Crippen LogP contribution in [0, 0.1) is 17.2 Å². The second-order valence-corrected chi connectivity index (χ2v) is 8.62. The molecule has 1 aromatic carbocycles. The number of ether oxygens (including phenoxy) is 3. The molecule has 11 heteroatoms. The topological polar surface area (TPSA) is 118 Å². The highest BCUT2D eigenvalue weighted by Gasteiger charge is 2.44. The first-order valence-corrected chi connectivity index (χ1v) is 11.7. The van der Waals surface area contributed by atoms with Gasteiger partial charge < -0.3 is 24.4 Å². The molecule has 0 aromatic heterocycles. The zero-order valence-electron chi connectivity index (χ0n) is 18.3. The van der Waals surface area contributed by atoms with Crippen molar-refractivity contribution in [2.75, 3.05) is 45.8 Å². The first-order valence-electron chi connectivity index (χ1n) is 10.3. The molecule has 9 nitrogen and oxygen atoms in total. The summed E-state index contributed by atoms with van der Waals surface area (Å²) in [6, 6.07) is 6.98. The van der Waals surface area contributed by atoms with Crippen LogP contribution in [0.25, 0.3) is 0 Å².